The van der Waals surface area contributed by atoms with Crippen LogP contribution in [0.25, 0.3) is 0 Å². The lowest BCUT2D eigenvalue weighted by molar-refractivity contribution is 0.113. The smallest absolute Gasteiger partial charge is 0.246 e. The zero-order valence-corrected chi connectivity index (χ0v) is 12.4. The van der Waals surface area contributed by atoms with E-state index in [0.717, 1.165) is 0 Å². The van der Waals surface area contributed by atoms with Crippen LogP contribution < -0.4 is 9.47 Å². The van der Waals surface area contributed by atoms with Gasteiger partial charge < -0.3 is 14.6 Å². The molecule has 1 N–H and O–H groups in total. The number of aliphatic hydroxyl groups is 1. The summed E-state index contributed by atoms with van der Waals surface area (Å²) in [5, 5.41) is 9.48. The highest BCUT2D eigenvalue weighted by Gasteiger charge is 2.31. The van der Waals surface area contributed by atoms with Crippen molar-refractivity contribution >= 4 is 10.0 Å². The Morgan fingerprint density at radius 2 is 1.85 bits per heavy atom. The molecule has 6 nitrogen and oxygen atoms in total. The molecule has 2 rings (SSSR count). The number of hydrogen-bond acceptors (Lipinski definition) is 5. The Kier molecular flexibility index (Phi) is 4.52. The normalized spacial score (nSPS) is 17.9. The molecule has 20 heavy (non-hydrogen) atoms. The first kappa shape index (κ1) is 15.1. The van der Waals surface area contributed by atoms with Crippen molar-refractivity contribution in [3.05, 3.63) is 18.2 Å². The number of ether oxygens (including phenoxy) is 2. The minimum atomic E-state index is -3.64. The summed E-state index contributed by atoms with van der Waals surface area (Å²) in [6.07, 6.45) is 0.477. The Morgan fingerprint density at radius 3 is 2.40 bits per heavy atom. The number of sulfonamides is 1. The van der Waals surface area contributed by atoms with Crippen molar-refractivity contribution in [2.45, 2.75) is 23.8 Å². The van der Waals surface area contributed by atoms with Crippen molar-refractivity contribution < 1.29 is 23.0 Å². The number of nitrogens with zero attached hydrogens (tertiary/aromatic N) is 1. The first-order chi connectivity index (χ1) is 9.48. The van der Waals surface area contributed by atoms with Crippen LogP contribution >= 0.6 is 0 Å². The van der Waals surface area contributed by atoms with Crippen molar-refractivity contribution in [3.63, 3.8) is 0 Å². The lowest BCUT2D eigenvalue weighted by atomic mass is 10.1. The van der Waals surface area contributed by atoms with Crippen LogP contribution in [0.1, 0.15) is 12.8 Å². The molecule has 0 unspecified atom stereocenters. The third-order valence-corrected chi connectivity index (χ3v) is 5.33. The zero-order valence-electron chi connectivity index (χ0n) is 11.6. The molecule has 1 heterocycles. The van der Waals surface area contributed by atoms with E-state index in [2.05, 4.69) is 0 Å². The fourth-order valence-corrected chi connectivity index (χ4v) is 3.85. The van der Waals surface area contributed by atoms with Crippen molar-refractivity contribution in [1.29, 1.82) is 0 Å². The van der Waals surface area contributed by atoms with Crippen LogP contribution in [0.15, 0.2) is 23.1 Å². The zero-order chi connectivity index (χ0) is 14.8. The van der Waals surface area contributed by atoms with Crippen LogP contribution in [0.2, 0.25) is 0 Å². The second kappa shape index (κ2) is 5.99. The van der Waals surface area contributed by atoms with Crippen molar-refractivity contribution in [3.8, 4) is 11.5 Å². The van der Waals surface area contributed by atoms with Crippen LogP contribution in [0.3, 0.4) is 0 Å². The first-order valence-corrected chi connectivity index (χ1v) is 7.83. The van der Waals surface area contributed by atoms with Gasteiger partial charge in [-0.05, 0) is 25.0 Å². The maximum Gasteiger partial charge on any atom is 0.246 e. The van der Waals surface area contributed by atoms with Gasteiger partial charge in [0.1, 0.15) is 16.4 Å². The summed E-state index contributed by atoms with van der Waals surface area (Å²) < 4.78 is 36.9. The molecular weight excluding hydrogens is 282 g/mol. The van der Waals surface area contributed by atoms with Crippen LogP contribution in [-0.2, 0) is 10.0 Å². The highest BCUT2D eigenvalue weighted by Crippen LogP contribution is 2.31. The van der Waals surface area contributed by atoms with Gasteiger partial charge in [-0.3, -0.25) is 0 Å². The number of piperidine rings is 1. The van der Waals surface area contributed by atoms with Gasteiger partial charge in [0, 0.05) is 19.2 Å². The summed E-state index contributed by atoms with van der Waals surface area (Å²) in [6.45, 7) is 0.619. The van der Waals surface area contributed by atoms with E-state index in [1.54, 1.807) is 12.1 Å². The van der Waals surface area contributed by atoms with E-state index < -0.39 is 16.1 Å². The quantitative estimate of drug-likeness (QED) is 0.892. The van der Waals surface area contributed by atoms with Gasteiger partial charge in [-0.1, -0.05) is 0 Å². The van der Waals surface area contributed by atoms with E-state index in [1.165, 1.54) is 24.6 Å². The largest absolute Gasteiger partial charge is 0.497 e. The molecule has 0 amide bonds. The Bertz CT molecular complexity index is 564. The van der Waals surface area contributed by atoms with E-state index in [4.69, 9.17) is 9.47 Å². The predicted molar refractivity (Wildman–Crippen MR) is 73.5 cm³/mol. The Labute approximate surface area is 119 Å². The van der Waals surface area contributed by atoms with Crippen molar-refractivity contribution in [2.75, 3.05) is 27.3 Å². The maximum absolute atomic E-state index is 12.7. The monoisotopic (exact) mass is 301 g/mol. The van der Waals surface area contributed by atoms with Gasteiger partial charge in [0.2, 0.25) is 10.0 Å². The molecule has 1 aromatic rings. The topological polar surface area (TPSA) is 76.1 Å². The van der Waals surface area contributed by atoms with Gasteiger partial charge in [0.05, 0.1) is 20.3 Å². The minimum absolute atomic E-state index is 0.0933. The SMILES string of the molecule is COc1ccc(OC)c(S(=O)(=O)N2CCC(O)CC2)c1. The molecule has 1 aliphatic rings. The summed E-state index contributed by atoms with van der Waals surface area (Å²) in [5.74, 6) is 0.748. The molecule has 0 bridgehead atoms. The van der Waals surface area contributed by atoms with Gasteiger partial charge in [0.25, 0.3) is 0 Å². The lowest BCUT2D eigenvalue weighted by Gasteiger charge is -2.29. The summed E-state index contributed by atoms with van der Waals surface area (Å²) in [6, 6.07) is 4.68. The Hall–Kier alpha value is -1.31. The van der Waals surface area contributed by atoms with E-state index in [9.17, 15) is 13.5 Å². The third-order valence-electron chi connectivity index (χ3n) is 3.41. The van der Waals surface area contributed by atoms with Gasteiger partial charge in [-0.2, -0.15) is 4.31 Å². The third kappa shape index (κ3) is 2.89. The predicted octanol–water partition coefficient (Wildman–Crippen LogP) is 0.849. The number of methoxy groups -OCH3 is 2. The minimum Gasteiger partial charge on any atom is -0.497 e. The number of benzene rings is 1. The second-order valence-corrected chi connectivity index (χ2v) is 6.56. The number of aliphatic hydroxyl groups excluding tert-OH is 1. The number of hydrogen-bond donors (Lipinski definition) is 1. The molecular formula is C13H19NO5S. The summed E-state index contributed by atoms with van der Waals surface area (Å²) >= 11 is 0. The average Bonchev–Trinajstić information content (AvgIpc) is 2.47. The van der Waals surface area contributed by atoms with Crippen LogP contribution in [-0.4, -0.2) is 51.2 Å². The van der Waals surface area contributed by atoms with E-state index in [-0.39, 0.29) is 10.6 Å². The summed E-state index contributed by atoms with van der Waals surface area (Å²) in [4.78, 5) is 0.0933. The Morgan fingerprint density at radius 1 is 1.20 bits per heavy atom. The molecule has 7 heteroatoms. The molecule has 0 aliphatic carbocycles. The molecule has 0 radical (unpaired) electrons. The lowest BCUT2D eigenvalue weighted by Crippen LogP contribution is -2.40. The highest BCUT2D eigenvalue weighted by molar-refractivity contribution is 7.89. The van der Waals surface area contributed by atoms with Crippen LogP contribution in [0.4, 0.5) is 0 Å². The second-order valence-electron chi connectivity index (χ2n) is 4.65. The molecule has 0 aromatic heterocycles. The van der Waals surface area contributed by atoms with Gasteiger partial charge >= 0.3 is 0 Å². The highest BCUT2D eigenvalue weighted by atomic mass is 32.2. The van der Waals surface area contributed by atoms with E-state index in [1.807, 2.05) is 0 Å². The van der Waals surface area contributed by atoms with Crippen molar-refractivity contribution in [1.82, 2.24) is 4.31 Å². The van der Waals surface area contributed by atoms with Crippen LogP contribution in [0.5, 0.6) is 11.5 Å². The summed E-state index contributed by atoms with van der Waals surface area (Å²) in [7, 11) is -0.731. The molecule has 1 fully saturated rings. The maximum atomic E-state index is 12.7. The first-order valence-electron chi connectivity index (χ1n) is 6.39. The number of rotatable bonds is 4. The Balaban J connectivity index is 2.37. The molecule has 1 aliphatic heterocycles. The molecule has 0 saturated carbocycles. The van der Waals surface area contributed by atoms with Crippen molar-refractivity contribution in [2.24, 2.45) is 0 Å². The molecule has 1 saturated heterocycles. The molecule has 1 aromatic carbocycles. The standard InChI is InChI=1S/C13H19NO5S/c1-18-11-3-4-12(19-2)13(9-11)20(16,17)14-7-5-10(15)6-8-14/h3-4,9-10,15H,5-8H2,1-2H3. The average molecular weight is 301 g/mol. The molecule has 0 atom stereocenters. The fourth-order valence-electron chi connectivity index (χ4n) is 2.21. The van der Waals surface area contributed by atoms with Gasteiger partial charge in [0.15, 0.2) is 0 Å². The molecule has 0 spiro atoms. The van der Waals surface area contributed by atoms with Crippen LogP contribution in [0, 0.1) is 0 Å². The fraction of sp³-hybridized carbons (Fsp3) is 0.538. The van der Waals surface area contributed by atoms with E-state index >= 15 is 0 Å². The van der Waals surface area contributed by atoms with Gasteiger partial charge in [-0.25, -0.2) is 8.42 Å². The van der Waals surface area contributed by atoms with Gasteiger partial charge in [-0.15, -0.1) is 0 Å². The summed E-state index contributed by atoms with van der Waals surface area (Å²) in [5.41, 5.74) is 0. The molecule has 112 valence electrons. The van der Waals surface area contributed by atoms with E-state index in [0.29, 0.717) is 31.7 Å².